The zero-order valence-corrected chi connectivity index (χ0v) is 15.8. The SMILES string of the molecule is CC(C)(Cn1nc(F)c2cc(F)ccc21)C(=O)Nc1ccc(C#N)c(C(F)(F)F)c1. The van der Waals surface area contributed by atoms with Gasteiger partial charge in [-0.3, -0.25) is 9.48 Å². The molecule has 0 aliphatic rings. The van der Waals surface area contributed by atoms with Crippen LogP contribution in [0.1, 0.15) is 25.0 Å². The highest BCUT2D eigenvalue weighted by Crippen LogP contribution is 2.34. The highest BCUT2D eigenvalue weighted by atomic mass is 19.4. The van der Waals surface area contributed by atoms with Gasteiger partial charge in [0.15, 0.2) is 0 Å². The molecule has 1 heterocycles. The second kappa shape index (κ2) is 7.40. The molecule has 3 aromatic rings. The lowest BCUT2D eigenvalue weighted by atomic mass is 9.92. The number of hydrogen-bond donors (Lipinski definition) is 1. The van der Waals surface area contributed by atoms with Crippen molar-refractivity contribution in [3.63, 3.8) is 0 Å². The molecule has 156 valence electrons. The molecule has 2 aromatic carbocycles. The van der Waals surface area contributed by atoms with E-state index in [0.717, 1.165) is 18.2 Å². The molecule has 10 heteroatoms. The summed E-state index contributed by atoms with van der Waals surface area (Å²) in [7, 11) is 0. The molecule has 0 aliphatic heterocycles. The third-order valence-corrected chi connectivity index (χ3v) is 4.53. The molecule has 1 amide bonds. The Morgan fingerprint density at radius 1 is 1.17 bits per heavy atom. The standard InChI is InChI=1S/C20H15F5N4O/c1-19(2,10-29-16-6-4-12(21)7-14(16)17(22)28-29)18(30)27-13-5-3-11(9-26)15(8-13)20(23,24)25/h3-8H,10H2,1-2H3,(H,27,30). The predicted octanol–water partition coefficient (Wildman–Crippen LogP) is 4.87. The molecular weight excluding hydrogens is 407 g/mol. The lowest BCUT2D eigenvalue weighted by Crippen LogP contribution is -2.35. The molecule has 0 bridgehead atoms. The molecule has 0 radical (unpaired) electrons. The third kappa shape index (κ3) is 4.10. The molecule has 1 aromatic heterocycles. The maximum absolute atomic E-state index is 14.0. The number of nitrogens with zero attached hydrogens (tertiary/aromatic N) is 3. The van der Waals surface area contributed by atoms with Crippen molar-refractivity contribution in [3.8, 4) is 6.07 Å². The number of anilines is 1. The minimum Gasteiger partial charge on any atom is -0.326 e. The fourth-order valence-electron chi connectivity index (χ4n) is 2.93. The maximum Gasteiger partial charge on any atom is 0.417 e. The van der Waals surface area contributed by atoms with Gasteiger partial charge >= 0.3 is 6.18 Å². The summed E-state index contributed by atoms with van der Waals surface area (Å²) < 4.78 is 67.9. The van der Waals surface area contributed by atoms with Crippen LogP contribution in [0.25, 0.3) is 10.9 Å². The minimum absolute atomic E-state index is 0.0480. The molecule has 0 fully saturated rings. The van der Waals surface area contributed by atoms with Crippen molar-refractivity contribution in [3.05, 3.63) is 59.3 Å². The molecule has 0 aliphatic carbocycles. The van der Waals surface area contributed by atoms with Gasteiger partial charge in [-0.1, -0.05) is 0 Å². The normalized spacial score (nSPS) is 12.1. The van der Waals surface area contributed by atoms with E-state index >= 15 is 0 Å². The molecular formula is C20H15F5N4O. The van der Waals surface area contributed by atoms with E-state index in [1.807, 2.05) is 0 Å². The van der Waals surface area contributed by atoms with Gasteiger partial charge in [-0.2, -0.15) is 22.8 Å². The number of hydrogen-bond acceptors (Lipinski definition) is 3. The predicted molar refractivity (Wildman–Crippen MR) is 98.2 cm³/mol. The lowest BCUT2D eigenvalue weighted by Gasteiger charge is -2.24. The molecule has 5 nitrogen and oxygen atoms in total. The zero-order valence-electron chi connectivity index (χ0n) is 15.8. The second-order valence-corrected chi connectivity index (χ2v) is 7.32. The van der Waals surface area contributed by atoms with E-state index in [2.05, 4.69) is 10.4 Å². The molecule has 3 rings (SSSR count). The van der Waals surface area contributed by atoms with Crippen molar-refractivity contribution in [2.75, 3.05) is 5.32 Å². The minimum atomic E-state index is -4.76. The van der Waals surface area contributed by atoms with E-state index in [1.54, 1.807) is 0 Å². The van der Waals surface area contributed by atoms with E-state index in [4.69, 9.17) is 5.26 Å². The number of rotatable bonds is 4. The van der Waals surface area contributed by atoms with Gasteiger partial charge in [0.25, 0.3) is 0 Å². The number of alkyl halides is 3. The van der Waals surface area contributed by atoms with Crippen molar-refractivity contribution in [2.45, 2.75) is 26.6 Å². The zero-order chi connectivity index (χ0) is 22.3. The summed E-state index contributed by atoms with van der Waals surface area (Å²) in [6, 6.07) is 7.73. The van der Waals surface area contributed by atoms with E-state index in [9.17, 15) is 26.7 Å². The molecule has 30 heavy (non-hydrogen) atoms. The Balaban J connectivity index is 1.86. The highest BCUT2D eigenvalue weighted by molar-refractivity contribution is 5.95. The smallest absolute Gasteiger partial charge is 0.326 e. The molecule has 0 atom stereocenters. The van der Waals surface area contributed by atoms with Gasteiger partial charge in [0.1, 0.15) is 5.82 Å². The fraction of sp³-hybridized carbons (Fsp3) is 0.250. The van der Waals surface area contributed by atoms with Crippen LogP contribution in [0.15, 0.2) is 36.4 Å². The van der Waals surface area contributed by atoms with E-state index in [0.29, 0.717) is 6.07 Å². The largest absolute Gasteiger partial charge is 0.417 e. The summed E-state index contributed by atoms with van der Waals surface area (Å²) in [6.45, 7) is 2.89. The first-order valence-electron chi connectivity index (χ1n) is 8.67. The fourth-order valence-corrected chi connectivity index (χ4v) is 2.93. The van der Waals surface area contributed by atoms with Crippen LogP contribution in [0, 0.1) is 28.5 Å². The van der Waals surface area contributed by atoms with E-state index in [-0.39, 0.29) is 23.1 Å². The van der Waals surface area contributed by atoms with Crippen molar-refractivity contribution in [2.24, 2.45) is 5.41 Å². The Hall–Kier alpha value is -3.48. The summed E-state index contributed by atoms with van der Waals surface area (Å²) in [5.41, 5.74) is -2.81. The first kappa shape index (κ1) is 21.2. The van der Waals surface area contributed by atoms with Gasteiger partial charge in [0.2, 0.25) is 11.9 Å². The van der Waals surface area contributed by atoms with Gasteiger partial charge in [-0.05, 0) is 50.2 Å². The Labute approximate surface area is 167 Å². The topological polar surface area (TPSA) is 70.7 Å². The number of nitriles is 1. The van der Waals surface area contributed by atoms with Crippen LogP contribution >= 0.6 is 0 Å². The molecule has 1 N–H and O–H groups in total. The lowest BCUT2D eigenvalue weighted by molar-refractivity contribution is -0.137. The Morgan fingerprint density at radius 2 is 1.87 bits per heavy atom. The number of nitrogens with one attached hydrogen (secondary N) is 1. The second-order valence-electron chi connectivity index (χ2n) is 7.32. The quantitative estimate of drug-likeness (QED) is 0.610. The van der Waals surface area contributed by atoms with Gasteiger partial charge in [-0.25, -0.2) is 4.39 Å². The van der Waals surface area contributed by atoms with Crippen LogP contribution < -0.4 is 5.32 Å². The number of fused-ring (bicyclic) bond motifs is 1. The molecule has 0 spiro atoms. The summed E-state index contributed by atoms with van der Waals surface area (Å²) in [6.07, 6.45) is -4.76. The van der Waals surface area contributed by atoms with Crippen LogP contribution in [-0.2, 0) is 17.5 Å². The van der Waals surface area contributed by atoms with E-state index in [1.165, 1.54) is 36.7 Å². The number of benzene rings is 2. The van der Waals surface area contributed by atoms with Gasteiger partial charge in [0, 0.05) is 5.69 Å². The van der Waals surface area contributed by atoms with Crippen LogP contribution in [0.5, 0.6) is 0 Å². The molecule has 0 saturated heterocycles. The summed E-state index contributed by atoms with van der Waals surface area (Å²) in [4.78, 5) is 12.7. The first-order valence-corrected chi connectivity index (χ1v) is 8.67. The van der Waals surface area contributed by atoms with Crippen molar-refractivity contribution >= 4 is 22.5 Å². The number of amides is 1. The van der Waals surface area contributed by atoms with Gasteiger partial charge < -0.3 is 5.32 Å². The van der Waals surface area contributed by atoms with Crippen LogP contribution in [-0.4, -0.2) is 15.7 Å². The molecule has 0 unspecified atom stereocenters. The first-order chi connectivity index (χ1) is 13.9. The number of halogens is 5. The van der Waals surface area contributed by atoms with Crippen molar-refractivity contribution < 1.29 is 26.7 Å². The summed E-state index contributed by atoms with van der Waals surface area (Å²) in [5.74, 6) is -2.19. The Bertz CT molecular complexity index is 1170. The van der Waals surface area contributed by atoms with Crippen molar-refractivity contribution in [1.82, 2.24) is 9.78 Å². The Morgan fingerprint density at radius 3 is 2.50 bits per heavy atom. The van der Waals surface area contributed by atoms with Crippen molar-refractivity contribution in [1.29, 1.82) is 5.26 Å². The highest BCUT2D eigenvalue weighted by Gasteiger charge is 2.35. The summed E-state index contributed by atoms with van der Waals surface area (Å²) >= 11 is 0. The van der Waals surface area contributed by atoms with E-state index < -0.39 is 40.4 Å². The average molecular weight is 422 g/mol. The van der Waals surface area contributed by atoms with Crippen LogP contribution in [0.2, 0.25) is 0 Å². The average Bonchev–Trinajstić information content (AvgIpc) is 2.95. The maximum atomic E-state index is 14.0. The monoisotopic (exact) mass is 422 g/mol. The number of aromatic nitrogens is 2. The number of carbonyl (C=O) groups excluding carboxylic acids is 1. The molecule has 0 saturated carbocycles. The Kier molecular flexibility index (Phi) is 5.24. The van der Waals surface area contributed by atoms with Gasteiger partial charge in [0.05, 0.1) is 40.1 Å². The van der Waals surface area contributed by atoms with Gasteiger partial charge in [-0.15, -0.1) is 5.10 Å². The number of carbonyl (C=O) groups is 1. The summed E-state index contributed by atoms with van der Waals surface area (Å²) in [5, 5.41) is 14.9. The van der Waals surface area contributed by atoms with Crippen LogP contribution in [0.3, 0.4) is 0 Å². The van der Waals surface area contributed by atoms with Crippen LogP contribution in [0.4, 0.5) is 27.6 Å². The third-order valence-electron chi connectivity index (χ3n) is 4.53.